The first-order chi connectivity index (χ1) is 17.1. The highest BCUT2D eigenvalue weighted by molar-refractivity contribution is 5.73. The molecular formula is C23H22F4N6O3. The fraction of sp³-hybridized carbons (Fsp3) is 0.304. The van der Waals surface area contributed by atoms with E-state index in [1.165, 1.54) is 43.2 Å². The summed E-state index contributed by atoms with van der Waals surface area (Å²) < 4.78 is 66.9. The second-order valence-corrected chi connectivity index (χ2v) is 7.92. The highest BCUT2D eigenvalue weighted by Crippen LogP contribution is 2.32. The van der Waals surface area contributed by atoms with Gasteiger partial charge in [0.05, 0.1) is 51.4 Å². The molecule has 3 aromatic heterocycles. The van der Waals surface area contributed by atoms with Crippen molar-refractivity contribution in [3.63, 3.8) is 0 Å². The first-order valence-corrected chi connectivity index (χ1v) is 10.6. The lowest BCUT2D eigenvalue weighted by molar-refractivity contribution is -0.154. The number of aryl methyl sites for hydroxylation is 1. The minimum Gasteiger partial charge on any atom is -0.497 e. The Hall–Kier alpha value is -4.00. The summed E-state index contributed by atoms with van der Waals surface area (Å²) in [5, 5.41) is 14.3. The number of pyridine rings is 1. The third-order valence-electron chi connectivity index (χ3n) is 5.25. The Morgan fingerprint density at radius 2 is 1.92 bits per heavy atom. The summed E-state index contributed by atoms with van der Waals surface area (Å²) >= 11 is 0. The number of ether oxygens (including phenoxy) is 2. The van der Waals surface area contributed by atoms with Crippen molar-refractivity contribution < 1.29 is 32.1 Å². The van der Waals surface area contributed by atoms with Gasteiger partial charge in [0.2, 0.25) is 0 Å². The van der Waals surface area contributed by atoms with Crippen molar-refractivity contribution in [3.05, 3.63) is 54.2 Å². The SMILES string of the molecule is COc1cc(/N=c2\ccc3ncc(-c4cnn(C)c4)nc3n2CC(O)CC(F)(F)F)c(F)c(OC)c1. The van der Waals surface area contributed by atoms with Crippen molar-refractivity contribution in [3.8, 4) is 22.8 Å². The molecule has 1 N–H and O–H groups in total. The van der Waals surface area contributed by atoms with Crippen molar-refractivity contribution in [2.75, 3.05) is 14.2 Å². The van der Waals surface area contributed by atoms with Crippen LogP contribution in [0.15, 0.2) is 47.8 Å². The fourth-order valence-corrected chi connectivity index (χ4v) is 3.60. The first-order valence-electron chi connectivity index (χ1n) is 10.6. The summed E-state index contributed by atoms with van der Waals surface area (Å²) in [6, 6.07) is 5.65. The van der Waals surface area contributed by atoms with Gasteiger partial charge in [0, 0.05) is 30.9 Å². The average Bonchev–Trinajstić information content (AvgIpc) is 3.26. The number of aliphatic hydroxyl groups excluding tert-OH is 1. The number of hydrogen-bond acceptors (Lipinski definition) is 7. The van der Waals surface area contributed by atoms with Crippen molar-refractivity contribution in [1.82, 2.24) is 24.3 Å². The number of halogens is 4. The minimum atomic E-state index is -4.60. The zero-order valence-corrected chi connectivity index (χ0v) is 19.5. The van der Waals surface area contributed by atoms with Gasteiger partial charge in [-0.05, 0) is 12.1 Å². The summed E-state index contributed by atoms with van der Waals surface area (Å²) in [7, 11) is 4.39. The molecular weight excluding hydrogens is 484 g/mol. The van der Waals surface area contributed by atoms with E-state index in [0.717, 1.165) is 0 Å². The van der Waals surface area contributed by atoms with E-state index in [4.69, 9.17) is 9.47 Å². The number of aliphatic hydroxyl groups is 1. The maximum atomic E-state index is 15.0. The van der Waals surface area contributed by atoms with Gasteiger partial charge in [0.1, 0.15) is 22.4 Å². The third kappa shape index (κ3) is 5.46. The van der Waals surface area contributed by atoms with Gasteiger partial charge < -0.3 is 19.1 Å². The number of methoxy groups -OCH3 is 2. The first kappa shape index (κ1) is 25.1. The summed E-state index contributed by atoms with van der Waals surface area (Å²) in [5.74, 6) is -0.665. The number of nitrogens with zero attached hydrogens (tertiary/aromatic N) is 6. The molecule has 0 saturated carbocycles. The van der Waals surface area contributed by atoms with E-state index in [9.17, 15) is 22.7 Å². The van der Waals surface area contributed by atoms with Gasteiger partial charge in [-0.3, -0.25) is 9.67 Å². The van der Waals surface area contributed by atoms with E-state index in [2.05, 4.69) is 20.1 Å². The largest absolute Gasteiger partial charge is 0.497 e. The van der Waals surface area contributed by atoms with Gasteiger partial charge >= 0.3 is 6.18 Å². The molecule has 1 aromatic carbocycles. The normalized spacial score (nSPS) is 13.3. The predicted octanol–water partition coefficient (Wildman–Crippen LogP) is 3.53. The zero-order chi connectivity index (χ0) is 26.0. The molecule has 190 valence electrons. The van der Waals surface area contributed by atoms with Crippen LogP contribution in [-0.2, 0) is 13.6 Å². The lowest BCUT2D eigenvalue weighted by Crippen LogP contribution is -2.31. The van der Waals surface area contributed by atoms with Crippen LogP contribution in [-0.4, -0.2) is 55.9 Å². The maximum Gasteiger partial charge on any atom is 0.391 e. The quantitative estimate of drug-likeness (QED) is 0.385. The molecule has 4 aromatic rings. The number of benzene rings is 1. The molecule has 0 spiro atoms. The lowest BCUT2D eigenvalue weighted by Gasteiger charge is -2.17. The molecule has 1 unspecified atom stereocenters. The molecule has 0 bridgehead atoms. The predicted molar refractivity (Wildman–Crippen MR) is 121 cm³/mol. The number of alkyl halides is 3. The molecule has 9 nitrogen and oxygen atoms in total. The summed E-state index contributed by atoms with van der Waals surface area (Å²) in [6.07, 6.45) is -3.11. The lowest BCUT2D eigenvalue weighted by atomic mass is 10.2. The van der Waals surface area contributed by atoms with Crippen LogP contribution in [0, 0.1) is 5.82 Å². The highest BCUT2D eigenvalue weighted by Gasteiger charge is 2.31. The van der Waals surface area contributed by atoms with Crippen molar-refractivity contribution >= 4 is 16.9 Å². The zero-order valence-electron chi connectivity index (χ0n) is 19.5. The van der Waals surface area contributed by atoms with Crippen LogP contribution in [0.5, 0.6) is 11.5 Å². The van der Waals surface area contributed by atoms with Crippen LogP contribution in [0.1, 0.15) is 6.42 Å². The number of rotatable bonds is 7. The molecule has 0 aliphatic heterocycles. The van der Waals surface area contributed by atoms with Crippen LogP contribution < -0.4 is 15.0 Å². The monoisotopic (exact) mass is 506 g/mol. The standard InChI is InChI=1S/C23H22F4N6O3/c1-32-11-13(9-29-32)18-10-28-16-4-5-20(30-17-6-15(35-2)7-19(36-3)21(17)24)33(22(16)31-18)12-14(34)8-23(25,26)27/h4-7,9-11,14,34H,8,12H2,1-3H3/b30-20+. The summed E-state index contributed by atoms with van der Waals surface area (Å²) in [5.41, 5.74) is 1.37. The number of aromatic nitrogens is 5. The van der Waals surface area contributed by atoms with Crippen LogP contribution in [0.4, 0.5) is 23.2 Å². The summed E-state index contributed by atoms with van der Waals surface area (Å²) in [4.78, 5) is 13.2. The van der Waals surface area contributed by atoms with E-state index in [1.54, 1.807) is 30.2 Å². The second kappa shape index (κ2) is 9.93. The molecule has 0 aliphatic carbocycles. The van der Waals surface area contributed by atoms with Crippen molar-refractivity contribution in [2.24, 2.45) is 12.0 Å². The van der Waals surface area contributed by atoms with Crippen molar-refractivity contribution in [1.29, 1.82) is 0 Å². The topological polar surface area (TPSA) is 99.6 Å². The molecule has 13 heteroatoms. The average molecular weight is 506 g/mol. The summed E-state index contributed by atoms with van der Waals surface area (Å²) in [6.45, 7) is -0.524. The molecule has 0 radical (unpaired) electrons. The van der Waals surface area contributed by atoms with E-state index in [-0.39, 0.29) is 28.3 Å². The minimum absolute atomic E-state index is 0.0376. The Morgan fingerprint density at radius 3 is 2.56 bits per heavy atom. The third-order valence-corrected chi connectivity index (χ3v) is 5.25. The van der Waals surface area contributed by atoms with Crippen LogP contribution in [0.3, 0.4) is 0 Å². The molecule has 0 amide bonds. The molecule has 4 rings (SSSR count). The molecule has 36 heavy (non-hydrogen) atoms. The van der Waals surface area contributed by atoms with E-state index < -0.39 is 31.1 Å². The van der Waals surface area contributed by atoms with Gasteiger partial charge in [-0.15, -0.1) is 0 Å². The van der Waals surface area contributed by atoms with Crippen LogP contribution in [0.25, 0.3) is 22.4 Å². The Bertz CT molecular complexity index is 1460. The van der Waals surface area contributed by atoms with Crippen LogP contribution in [0.2, 0.25) is 0 Å². The van der Waals surface area contributed by atoms with E-state index in [0.29, 0.717) is 16.8 Å². The van der Waals surface area contributed by atoms with Crippen LogP contribution >= 0.6 is 0 Å². The Labute approximate surface area is 202 Å². The molecule has 0 fully saturated rings. The van der Waals surface area contributed by atoms with Gasteiger partial charge in [-0.25, -0.2) is 14.4 Å². The van der Waals surface area contributed by atoms with E-state index in [1.807, 2.05) is 0 Å². The highest BCUT2D eigenvalue weighted by atomic mass is 19.4. The smallest absolute Gasteiger partial charge is 0.391 e. The Kier molecular flexibility index (Phi) is 6.93. The van der Waals surface area contributed by atoms with Gasteiger partial charge in [-0.1, -0.05) is 0 Å². The molecule has 1 atom stereocenters. The number of fused-ring (bicyclic) bond motifs is 1. The fourth-order valence-electron chi connectivity index (χ4n) is 3.60. The number of hydrogen-bond donors (Lipinski definition) is 1. The molecule has 3 heterocycles. The van der Waals surface area contributed by atoms with Crippen molar-refractivity contribution in [2.45, 2.75) is 25.2 Å². The maximum absolute atomic E-state index is 15.0. The second-order valence-electron chi connectivity index (χ2n) is 7.92. The Morgan fingerprint density at radius 1 is 1.14 bits per heavy atom. The van der Waals surface area contributed by atoms with Gasteiger partial charge in [0.25, 0.3) is 0 Å². The molecule has 0 aliphatic rings. The van der Waals surface area contributed by atoms with E-state index >= 15 is 0 Å². The van der Waals surface area contributed by atoms with Gasteiger partial charge in [0.15, 0.2) is 17.2 Å². The van der Waals surface area contributed by atoms with Gasteiger partial charge in [-0.2, -0.15) is 18.3 Å². The Balaban J connectivity index is 1.95. The molecule has 0 saturated heterocycles.